The average molecular weight is 303 g/mol. The molecule has 1 aromatic carbocycles. The number of nitrogens with one attached hydrogen (secondary N) is 1. The van der Waals surface area contributed by atoms with Crippen LogP contribution in [0.3, 0.4) is 0 Å². The molecule has 2 aliphatic rings. The Bertz CT molecular complexity index is 678. The Balaban J connectivity index is 1.96. The molecular weight excluding hydrogens is 290 g/mol. The van der Waals surface area contributed by atoms with Crippen LogP contribution in [-0.2, 0) is 4.79 Å². The van der Waals surface area contributed by atoms with Crippen LogP contribution in [0.1, 0.15) is 24.4 Å². The maximum Gasteiger partial charge on any atom is 0.341 e. The molecule has 1 aliphatic heterocycles. The van der Waals surface area contributed by atoms with Gasteiger partial charge in [-0.2, -0.15) is 0 Å². The monoisotopic (exact) mass is 303 g/mol. The molecule has 0 radical (unpaired) electrons. The summed E-state index contributed by atoms with van der Waals surface area (Å²) >= 11 is 0. The summed E-state index contributed by atoms with van der Waals surface area (Å²) in [7, 11) is 0. The molecular formula is C14H13N3O5. The lowest BCUT2D eigenvalue weighted by atomic mass is 9.85. The van der Waals surface area contributed by atoms with E-state index in [2.05, 4.69) is 10.3 Å². The predicted molar refractivity (Wildman–Crippen MR) is 75.7 cm³/mol. The van der Waals surface area contributed by atoms with Crippen LogP contribution in [-0.4, -0.2) is 27.7 Å². The third kappa shape index (κ3) is 2.54. The van der Waals surface area contributed by atoms with Gasteiger partial charge in [-0.25, -0.2) is 9.79 Å². The van der Waals surface area contributed by atoms with Crippen molar-refractivity contribution >= 4 is 23.4 Å². The second kappa shape index (κ2) is 5.21. The Morgan fingerprint density at radius 2 is 1.95 bits per heavy atom. The molecule has 0 saturated heterocycles. The zero-order valence-electron chi connectivity index (χ0n) is 11.4. The SMILES string of the molecule is O=C1N=C(C2CC2)C(C(=O)O)C(c2ccc([N+](=O)[O-])cc2)N1. The highest BCUT2D eigenvalue weighted by Crippen LogP contribution is 2.39. The maximum absolute atomic E-state index is 11.7. The number of benzene rings is 1. The molecule has 8 nitrogen and oxygen atoms in total. The molecule has 1 fully saturated rings. The Kier molecular flexibility index (Phi) is 3.36. The van der Waals surface area contributed by atoms with E-state index in [1.807, 2.05) is 0 Å². The van der Waals surface area contributed by atoms with E-state index in [4.69, 9.17) is 0 Å². The molecule has 1 saturated carbocycles. The fourth-order valence-electron chi connectivity index (χ4n) is 2.68. The minimum atomic E-state index is -1.06. The van der Waals surface area contributed by atoms with Gasteiger partial charge >= 0.3 is 12.0 Å². The highest BCUT2D eigenvalue weighted by atomic mass is 16.6. The van der Waals surface area contributed by atoms with E-state index >= 15 is 0 Å². The van der Waals surface area contributed by atoms with Crippen molar-refractivity contribution in [1.82, 2.24) is 5.32 Å². The first kappa shape index (κ1) is 14.2. The van der Waals surface area contributed by atoms with Crippen LogP contribution in [0.5, 0.6) is 0 Å². The van der Waals surface area contributed by atoms with E-state index in [1.54, 1.807) is 0 Å². The second-order valence-electron chi connectivity index (χ2n) is 5.40. The summed E-state index contributed by atoms with van der Waals surface area (Å²) in [4.78, 5) is 37.4. The molecule has 22 heavy (non-hydrogen) atoms. The molecule has 1 heterocycles. The number of urea groups is 1. The van der Waals surface area contributed by atoms with Gasteiger partial charge in [-0.1, -0.05) is 12.1 Å². The van der Waals surface area contributed by atoms with Crippen molar-refractivity contribution in [1.29, 1.82) is 0 Å². The molecule has 114 valence electrons. The van der Waals surface area contributed by atoms with Crippen molar-refractivity contribution < 1.29 is 19.6 Å². The number of rotatable bonds is 4. The highest BCUT2D eigenvalue weighted by Gasteiger charge is 2.44. The number of aliphatic imine (C=N–C) groups is 1. The first-order chi connectivity index (χ1) is 10.5. The lowest BCUT2D eigenvalue weighted by Gasteiger charge is -2.29. The third-order valence-electron chi connectivity index (χ3n) is 3.89. The number of carboxylic acid groups (broad SMARTS) is 1. The van der Waals surface area contributed by atoms with Gasteiger partial charge in [-0.05, 0) is 24.3 Å². The van der Waals surface area contributed by atoms with Gasteiger partial charge in [0.25, 0.3) is 5.69 Å². The topological polar surface area (TPSA) is 122 Å². The van der Waals surface area contributed by atoms with Gasteiger partial charge in [0.15, 0.2) is 0 Å². The Hall–Kier alpha value is -2.77. The number of carbonyl (C=O) groups excluding carboxylic acids is 1. The number of aliphatic carboxylic acids is 1. The standard InChI is InChI=1S/C14H13N3O5/c18-13(19)10-11(7-1-2-7)15-14(20)16-12(10)8-3-5-9(6-4-8)17(21)22/h3-7,10,12H,1-2H2,(H,16,20)(H,18,19). The van der Waals surface area contributed by atoms with Crippen molar-refractivity contribution in [3.8, 4) is 0 Å². The van der Waals surface area contributed by atoms with Gasteiger partial charge in [-0.15, -0.1) is 0 Å². The van der Waals surface area contributed by atoms with Crippen LogP contribution in [0.2, 0.25) is 0 Å². The number of nitro benzene ring substituents is 1. The zero-order valence-corrected chi connectivity index (χ0v) is 11.4. The third-order valence-corrected chi connectivity index (χ3v) is 3.89. The number of carboxylic acids is 1. The van der Waals surface area contributed by atoms with E-state index in [0.717, 1.165) is 12.8 Å². The fourth-order valence-corrected chi connectivity index (χ4v) is 2.68. The molecule has 0 aromatic heterocycles. The molecule has 0 bridgehead atoms. The van der Waals surface area contributed by atoms with E-state index < -0.39 is 28.9 Å². The first-order valence-corrected chi connectivity index (χ1v) is 6.83. The molecule has 0 spiro atoms. The molecule has 1 aromatic rings. The van der Waals surface area contributed by atoms with Crippen molar-refractivity contribution in [2.45, 2.75) is 18.9 Å². The Morgan fingerprint density at radius 1 is 1.32 bits per heavy atom. The second-order valence-corrected chi connectivity index (χ2v) is 5.40. The van der Waals surface area contributed by atoms with E-state index in [9.17, 15) is 24.8 Å². The summed E-state index contributed by atoms with van der Waals surface area (Å²) in [5, 5.41) is 22.7. The Morgan fingerprint density at radius 3 is 2.45 bits per heavy atom. The molecule has 2 amide bonds. The normalized spacial score (nSPS) is 24.4. The average Bonchev–Trinajstić information content (AvgIpc) is 3.30. The maximum atomic E-state index is 11.7. The van der Waals surface area contributed by atoms with Crippen LogP contribution in [0.15, 0.2) is 29.3 Å². The molecule has 3 rings (SSSR count). The molecule has 8 heteroatoms. The largest absolute Gasteiger partial charge is 0.481 e. The number of hydrogen-bond acceptors (Lipinski definition) is 4. The van der Waals surface area contributed by atoms with Crippen LogP contribution in [0.4, 0.5) is 10.5 Å². The summed E-state index contributed by atoms with van der Waals surface area (Å²) in [5.41, 5.74) is 0.827. The van der Waals surface area contributed by atoms with E-state index in [1.165, 1.54) is 24.3 Å². The van der Waals surface area contributed by atoms with Crippen LogP contribution >= 0.6 is 0 Å². The quantitative estimate of drug-likeness (QED) is 0.650. The van der Waals surface area contributed by atoms with Gasteiger partial charge in [-0.3, -0.25) is 14.9 Å². The van der Waals surface area contributed by atoms with Crippen molar-refractivity contribution in [2.75, 3.05) is 0 Å². The van der Waals surface area contributed by atoms with E-state index in [0.29, 0.717) is 11.3 Å². The highest BCUT2D eigenvalue weighted by molar-refractivity contribution is 6.10. The van der Waals surface area contributed by atoms with Gasteiger partial charge < -0.3 is 10.4 Å². The lowest BCUT2D eigenvalue weighted by molar-refractivity contribution is -0.384. The number of nitrogens with zero attached hydrogens (tertiary/aromatic N) is 2. The number of amides is 2. The summed E-state index contributed by atoms with van der Waals surface area (Å²) in [6, 6.07) is 4.19. The predicted octanol–water partition coefficient (Wildman–Crippen LogP) is 1.91. The van der Waals surface area contributed by atoms with Gasteiger partial charge in [0, 0.05) is 17.8 Å². The summed E-state index contributed by atoms with van der Waals surface area (Å²) in [5.74, 6) is -1.95. The first-order valence-electron chi connectivity index (χ1n) is 6.83. The molecule has 2 atom stereocenters. The summed E-state index contributed by atoms with van der Waals surface area (Å²) in [6.45, 7) is 0. The number of nitro groups is 1. The lowest BCUT2D eigenvalue weighted by Crippen LogP contribution is -2.45. The number of carbonyl (C=O) groups is 2. The minimum Gasteiger partial charge on any atom is -0.481 e. The van der Waals surface area contributed by atoms with Crippen molar-refractivity contribution in [2.24, 2.45) is 16.8 Å². The van der Waals surface area contributed by atoms with Crippen LogP contribution in [0.25, 0.3) is 0 Å². The van der Waals surface area contributed by atoms with Crippen molar-refractivity contribution in [3.63, 3.8) is 0 Å². The van der Waals surface area contributed by atoms with Gasteiger partial charge in [0.2, 0.25) is 0 Å². The number of non-ortho nitro benzene ring substituents is 1. The van der Waals surface area contributed by atoms with Crippen LogP contribution < -0.4 is 5.32 Å². The number of hydrogen-bond donors (Lipinski definition) is 2. The molecule has 2 unspecified atom stereocenters. The minimum absolute atomic E-state index is 0.0488. The van der Waals surface area contributed by atoms with Gasteiger partial charge in [0.1, 0.15) is 5.92 Å². The van der Waals surface area contributed by atoms with Crippen LogP contribution in [0, 0.1) is 22.0 Å². The van der Waals surface area contributed by atoms with E-state index in [-0.39, 0.29) is 11.6 Å². The van der Waals surface area contributed by atoms with Crippen molar-refractivity contribution in [3.05, 3.63) is 39.9 Å². The summed E-state index contributed by atoms with van der Waals surface area (Å²) in [6.07, 6.45) is 1.67. The fraction of sp³-hybridized carbons (Fsp3) is 0.357. The summed E-state index contributed by atoms with van der Waals surface area (Å²) < 4.78 is 0. The Labute approximate surface area is 125 Å². The smallest absolute Gasteiger partial charge is 0.341 e. The molecule has 1 aliphatic carbocycles. The van der Waals surface area contributed by atoms with Gasteiger partial charge in [0.05, 0.1) is 11.0 Å². The molecule has 2 N–H and O–H groups in total. The zero-order chi connectivity index (χ0) is 15.9.